The highest BCUT2D eigenvalue weighted by atomic mass is 35.5. The molecule has 0 spiro atoms. The molecule has 150 valence electrons. The second-order valence-corrected chi connectivity index (χ2v) is 6.48. The first-order chi connectivity index (χ1) is 11.7. The Bertz CT molecular complexity index is 485. The number of benzene rings is 1. The number of morpholine rings is 1. The first-order valence-corrected chi connectivity index (χ1v) is 8.99. The van der Waals surface area contributed by atoms with Crippen LogP contribution in [0, 0.1) is 0 Å². The van der Waals surface area contributed by atoms with Crippen molar-refractivity contribution in [2.24, 2.45) is 0 Å². The van der Waals surface area contributed by atoms with E-state index >= 15 is 0 Å². The predicted octanol–water partition coefficient (Wildman–Crippen LogP) is 2.58. The van der Waals surface area contributed by atoms with Gasteiger partial charge in [0.15, 0.2) is 0 Å². The van der Waals surface area contributed by atoms with Crippen molar-refractivity contribution in [2.45, 2.75) is 32.4 Å². The Balaban J connectivity index is 0.00000312. The molecule has 1 saturated heterocycles. The van der Waals surface area contributed by atoms with Crippen molar-refractivity contribution in [1.29, 1.82) is 0 Å². The van der Waals surface area contributed by atoms with Gasteiger partial charge in [0.05, 0.1) is 13.2 Å². The van der Waals surface area contributed by atoms with Crippen molar-refractivity contribution >= 4 is 30.7 Å². The van der Waals surface area contributed by atoms with Crippen LogP contribution < -0.4 is 5.32 Å². The molecule has 1 N–H and O–H groups in total. The lowest BCUT2D eigenvalue weighted by Gasteiger charge is -2.35. The Hall–Kier alpha value is -0.850. The van der Waals surface area contributed by atoms with Crippen molar-refractivity contribution in [3.63, 3.8) is 0 Å². The Morgan fingerprint density at radius 3 is 2.50 bits per heavy atom. The molecule has 1 aromatic carbocycles. The molecule has 0 aliphatic carbocycles. The normalized spacial score (nSPS) is 15.5. The average molecular weight is 406 g/mol. The van der Waals surface area contributed by atoms with E-state index in [2.05, 4.69) is 29.3 Å². The van der Waals surface area contributed by atoms with Crippen LogP contribution >= 0.6 is 24.8 Å². The lowest BCUT2D eigenvalue weighted by molar-refractivity contribution is -0.134. The molecule has 2 rings (SSSR count). The van der Waals surface area contributed by atoms with Crippen LogP contribution in [0.25, 0.3) is 0 Å². The van der Waals surface area contributed by atoms with Crippen LogP contribution in [0.15, 0.2) is 30.3 Å². The Morgan fingerprint density at radius 2 is 1.88 bits per heavy atom. The molecule has 1 unspecified atom stereocenters. The van der Waals surface area contributed by atoms with Gasteiger partial charge in [-0.2, -0.15) is 0 Å². The summed E-state index contributed by atoms with van der Waals surface area (Å²) in [5, 5.41) is 3.11. The van der Waals surface area contributed by atoms with E-state index in [9.17, 15) is 4.79 Å². The minimum absolute atomic E-state index is 0. The lowest BCUT2D eigenvalue weighted by Crippen LogP contribution is -2.48. The third-order valence-electron chi connectivity index (χ3n) is 4.49. The van der Waals surface area contributed by atoms with Gasteiger partial charge in [-0.15, -0.1) is 24.8 Å². The maximum atomic E-state index is 12.8. The molecule has 1 atom stereocenters. The van der Waals surface area contributed by atoms with Gasteiger partial charge in [0.2, 0.25) is 5.91 Å². The van der Waals surface area contributed by atoms with E-state index in [0.29, 0.717) is 13.0 Å². The maximum Gasteiger partial charge on any atom is 0.223 e. The van der Waals surface area contributed by atoms with Gasteiger partial charge < -0.3 is 15.0 Å². The van der Waals surface area contributed by atoms with Crippen molar-refractivity contribution in [3.8, 4) is 0 Å². The first kappa shape index (κ1) is 25.1. The molecule has 0 radical (unpaired) electrons. The molecular weight excluding hydrogens is 373 g/mol. The lowest BCUT2D eigenvalue weighted by atomic mass is 10.1. The molecule has 1 aliphatic heterocycles. The monoisotopic (exact) mass is 405 g/mol. The van der Waals surface area contributed by atoms with E-state index in [1.54, 1.807) is 0 Å². The molecular formula is C19H33Cl2N3O2. The Morgan fingerprint density at radius 1 is 1.23 bits per heavy atom. The summed E-state index contributed by atoms with van der Waals surface area (Å²) < 4.78 is 5.42. The fourth-order valence-electron chi connectivity index (χ4n) is 3.09. The van der Waals surface area contributed by atoms with Crippen molar-refractivity contribution in [1.82, 2.24) is 15.1 Å². The number of nitrogens with zero attached hydrogens (tertiary/aromatic N) is 2. The largest absolute Gasteiger partial charge is 0.379 e. The summed E-state index contributed by atoms with van der Waals surface area (Å²) in [5.41, 5.74) is 1.19. The third-order valence-corrected chi connectivity index (χ3v) is 4.49. The summed E-state index contributed by atoms with van der Waals surface area (Å²) in [4.78, 5) is 17.2. The summed E-state index contributed by atoms with van der Waals surface area (Å²) in [6.07, 6.45) is 1.48. The predicted molar refractivity (Wildman–Crippen MR) is 111 cm³/mol. The molecule has 7 heteroatoms. The van der Waals surface area contributed by atoms with Crippen molar-refractivity contribution in [3.05, 3.63) is 35.9 Å². The van der Waals surface area contributed by atoms with Gasteiger partial charge in [-0.1, -0.05) is 30.3 Å². The van der Waals surface area contributed by atoms with E-state index in [0.717, 1.165) is 45.8 Å². The number of nitrogens with one attached hydrogen (secondary N) is 1. The second kappa shape index (κ2) is 14.2. The zero-order valence-electron chi connectivity index (χ0n) is 15.9. The van der Waals surface area contributed by atoms with Crippen LogP contribution in [-0.2, 0) is 16.1 Å². The summed E-state index contributed by atoms with van der Waals surface area (Å²) in [6.45, 7) is 8.13. The van der Waals surface area contributed by atoms with Crippen LogP contribution in [0.3, 0.4) is 0 Å². The molecule has 1 amide bonds. The highest BCUT2D eigenvalue weighted by Gasteiger charge is 2.23. The number of ether oxygens (including phenoxy) is 1. The van der Waals surface area contributed by atoms with Gasteiger partial charge in [-0.05, 0) is 32.5 Å². The van der Waals surface area contributed by atoms with Gasteiger partial charge in [0.25, 0.3) is 0 Å². The standard InChI is InChI=1S/C19H31N3O2.2ClH/c1-17(15-21-11-13-24-14-12-21)22(19(23)9-6-10-20-2)16-18-7-4-3-5-8-18;;/h3-5,7-8,17,20H,6,9-16H2,1-2H3;2*1H. The SMILES string of the molecule is CNCCCC(=O)N(Cc1ccccc1)C(C)CN1CCOCC1.Cl.Cl. The molecule has 5 nitrogen and oxygen atoms in total. The fraction of sp³-hybridized carbons (Fsp3) is 0.632. The number of rotatable bonds is 9. The van der Waals surface area contributed by atoms with Crippen molar-refractivity contribution < 1.29 is 9.53 Å². The van der Waals surface area contributed by atoms with Gasteiger partial charge in [0.1, 0.15) is 0 Å². The smallest absolute Gasteiger partial charge is 0.223 e. The summed E-state index contributed by atoms with van der Waals surface area (Å²) in [7, 11) is 1.92. The van der Waals surface area contributed by atoms with Crippen LogP contribution in [0.4, 0.5) is 0 Å². The van der Waals surface area contributed by atoms with Crippen LogP contribution in [0.5, 0.6) is 0 Å². The van der Waals surface area contributed by atoms with Crippen LogP contribution in [0.2, 0.25) is 0 Å². The minimum Gasteiger partial charge on any atom is -0.379 e. The van der Waals surface area contributed by atoms with Crippen LogP contribution in [-0.4, -0.2) is 68.2 Å². The van der Waals surface area contributed by atoms with E-state index in [4.69, 9.17) is 4.74 Å². The quantitative estimate of drug-likeness (QED) is 0.641. The number of hydrogen-bond donors (Lipinski definition) is 1. The number of halogens is 2. The highest BCUT2D eigenvalue weighted by Crippen LogP contribution is 2.13. The van der Waals surface area contributed by atoms with E-state index in [1.165, 1.54) is 5.56 Å². The summed E-state index contributed by atoms with van der Waals surface area (Å²) >= 11 is 0. The fourth-order valence-corrected chi connectivity index (χ4v) is 3.09. The number of carbonyl (C=O) groups is 1. The first-order valence-electron chi connectivity index (χ1n) is 8.99. The van der Waals surface area contributed by atoms with Gasteiger partial charge in [-0.3, -0.25) is 9.69 Å². The Labute approximate surface area is 170 Å². The van der Waals surface area contributed by atoms with E-state index in [1.807, 2.05) is 30.1 Å². The molecule has 0 aromatic heterocycles. The molecule has 1 heterocycles. The molecule has 1 fully saturated rings. The molecule has 26 heavy (non-hydrogen) atoms. The topological polar surface area (TPSA) is 44.8 Å². The molecule has 0 bridgehead atoms. The second-order valence-electron chi connectivity index (χ2n) is 6.48. The maximum absolute atomic E-state index is 12.8. The minimum atomic E-state index is 0. The van der Waals surface area contributed by atoms with Gasteiger partial charge in [-0.25, -0.2) is 0 Å². The zero-order valence-corrected chi connectivity index (χ0v) is 17.5. The van der Waals surface area contributed by atoms with Gasteiger partial charge >= 0.3 is 0 Å². The molecule has 1 aliphatic rings. The number of carbonyl (C=O) groups excluding carboxylic acids is 1. The Kier molecular flexibility index (Phi) is 13.8. The zero-order chi connectivity index (χ0) is 17.2. The highest BCUT2D eigenvalue weighted by molar-refractivity contribution is 5.85. The van der Waals surface area contributed by atoms with E-state index in [-0.39, 0.29) is 36.8 Å². The molecule has 1 aromatic rings. The van der Waals surface area contributed by atoms with Crippen molar-refractivity contribution in [2.75, 3.05) is 46.4 Å². The summed E-state index contributed by atoms with van der Waals surface area (Å²) in [5.74, 6) is 0.245. The van der Waals surface area contributed by atoms with Crippen LogP contribution in [0.1, 0.15) is 25.3 Å². The third kappa shape index (κ3) is 8.69. The van der Waals surface area contributed by atoms with Gasteiger partial charge in [0, 0.05) is 38.6 Å². The number of amides is 1. The van der Waals surface area contributed by atoms with E-state index < -0.39 is 0 Å². The average Bonchev–Trinajstić information content (AvgIpc) is 2.61. The molecule has 0 saturated carbocycles. The summed E-state index contributed by atoms with van der Waals surface area (Å²) in [6, 6.07) is 10.5. The number of hydrogen-bond acceptors (Lipinski definition) is 4.